The molecular weight excluding hydrogens is 486 g/mol. The predicted octanol–water partition coefficient (Wildman–Crippen LogP) is 3.41. The minimum absolute atomic E-state index is 0.0842. The van der Waals surface area contributed by atoms with E-state index in [9.17, 15) is 27.2 Å². The number of halogens is 4. The highest BCUT2D eigenvalue weighted by molar-refractivity contribution is 6.00. The monoisotopic (exact) mass is 505 g/mol. The lowest BCUT2D eigenvalue weighted by Crippen LogP contribution is -2.48. The van der Waals surface area contributed by atoms with E-state index in [1.165, 1.54) is 31.6 Å². The van der Waals surface area contributed by atoms with E-state index in [1.54, 1.807) is 0 Å². The van der Waals surface area contributed by atoms with Gasteiger partial charge in [-0.15, -0.1) is 0 Å². The number of nitrogens with one attached hydrogen (secondary N) is 2. The lowest BCUT2D eigenvalue weighted by Gasteiger charge is -2.17. The van der Waals surface area contributed by atoms with Gasteiger partial charge < -0.3 is 20.1 Å². The number of aromatic nitrogens is 3. The average Bonchev–Trinajstić information content (AvgIpc) is 3.63. The van der Waals surface area contributed by atoms with E-state index in [0.29, 0.717) is 12.8 Å². The van der Waals surface area contributed by atoms with Crippen LogP contribution in [0.5, 0.6) is 17.5 Å². The molecule has 4 rings (SSSR count). The SMILES string of the molecule is COc1ncc(C(=O)NC2(C(=O)NCc3ncc(Oc4ccccc4C(F)(F)F)cc3F)CC2)cn1. The molecule has 1 fully saturated rings. The molecule has 2 aromatic heterocycles. The molecule has 3 aromatic rings. The van der Waals surface area contributed by atoms with E-state index >= 15 is 0 Å². The minimum atomic E-state index is -4.65. The number of carbonyl (C=O) groups is 2. The van der Waals surface area contributed by atoms with Crippen LogP contribution in [0.1, 0.15) is 34.5 Å². The van der Waals surface area contributed by atoms with Gasteiger partial charge in [-0.3, -0.25) is 14.6 Å². The van der Waals surface area contributed by atoms with Gasteiger partial charge in [0, 0.05) is 18.5 Å². The second-order valence-electron chi connectivity index (χ2n) is 7.87. The Bertz CT molecular complexity index is 1280. The Morgan fingerprint density at radius 2 is 1.78 bits per heavy atom. The Morgan fingerprint density at radius 3 is 2.39 bits per heavy atom. The lowest BCUT2D eigenvalue weighted by atomic mass is 10.2. The summed E-state index contributed by atoms with van der Waals surface area (Å²) in [6.07, 6.45) is -0.334. The van der Waals surface area contributed by atoms with Crippen LogP contribution in [-0.2, 0) is 17.5 Å². The molecule has 9 nitrogen and oxygen atoms in total. The molecule has 2 heterocycles. The number of ether oxygens (including phenoxy) is 2. The number of alkyl halides is 3. The first-order valence-corrected chi connectivity index (χ1v) is 10.6. The minimum Gasteiger partial charge on any atom is -0.467 e. The molecule has 188 valence electrons. The van der Waals surface area contributed by atoms with E-state index < -0.39 is 40.7 Å². The molecule has 1 aliphatic rings. The van der Waals surface area contributed by atoms with Crippen molar-refractivity contribution in [3.63, 3.8) is 0 Å². The summed E-state index contributed by atoms with van der Waals surface area (Å²) in [5, 5.41) is 5.15. The van der Waals surface area contributed by atoms with Gasteiger partial charge in [0.15, 0.2) is 0 Å². The molecule has 0 atom stereocenters. The van der Waals surface area contributed by atoms with E-state index in [-0.39, 0.29) is 29.6 Å². The quantitative estimate of drug-likeness (QED) is 0.451. The third-order valence-corrected chi connectivity index (χ3v) is 5.34. The number of hydrogen-bond acceptors (Lipinski definition) is 7. The number of hydrogen-bond donors (Lipinski definition) is 2. The van der Waals surface area contributed by atoms with Crippen molar-refractivity contribution in [3.8, 4) is 17.5 Å². The largest absolute Gasteiger partial charge is 0.467 e. The molecule has 13 heteroatoms. The summed E-state index contributed by atoms with van der Waals surface area (Å²) >= 11 is 0. The number of carbonyl (C=O) groups excluding carboxylic acids is 2. The highest BCUT2D eigenvalue weighted by Gasteiger charge is 2.51. The number of para-hydroxylation sites is 1. The third kappa shape index (κ3) is 5.50. The van der Waals surface area contributed by atoms with Crippen molar-refractivity contribution in [3.05, 3.63) is 71.6 Å². The number of amides is 2. The summed E-state index contributed by atoms with van der Waals surface area (Å²) in [6, 6.07) is 5.47. The van der Waals surface area contributed by atoms with Crippen molar-refractivity contribution in [2.24, 2.45) is 0 Å². The fourth-order valence-electron chi connectivity index (χ4n) is 3.25. The van der Waals surface area contributed by atoms with Gasteiger partial charge in [-0.2, -0.15) is 13.2 Å². The Kier molecular flexibility index (Phi) is 6.73. The summed E-state index contributed by atoms with van der Waals surface area (Å²) in [6.45, 7) is -0.312. The molecule has 1 saturated carbocycles. The number of methoxy groups -OCH3 is 1. The van der Waals surface area contributed by atoms with E-state index in [1.807, 2.05) is 0 Å². The maximum Gasteiger partial charge on any atom is 0.419 e. The summed E-state index contributed by atoms with van der Waals surface area (Å²) < 4.78 is 63.9. The number of nitrogens with zero attached hydrogens (tertiary/aromatic N) is 3. The average molecular weight is 505 g/mol. The highest BCUT2D eigenvalue weighted by Crippen LogP contribution is 2.38. The zero-order valence-electron chi connectivity index (χ0n) is 18.7. The van der Waals surface area contributed by atoms with Gasteiger partial charge in [-0.1, -0.05) is 12.1 Å². The summed E-state index contributed by atoms with van der Waals surface area (Å²) in [4.78, 5) is 36.6. The van der Waals surface area contributed by atoms with Crippen molar-refractivity contribution in [2.45, 2.75) is 31.1 Å². The molecule has 0 bridgehead atoms. The maximum atomic E-state index is 14.5. The van der Waals surface area contributed by atoms with E-state index in [2.05, 4.69) is 25.6 Å². The molecular formula is C23H19F4N5O4. The van der Waals surface area contributed by atoms with Crippen LogP contribution < -0.4 is 20.1 Å². The Morgan fingerprint density at radius 1 is 1.08 bits per heavy atom. The van der Waals surface area contributed by atoms with Crippen molar-refractivity contribution >= 4 is 11.8 Å². The maximum absolute atomic E-state index is 14.5. The van der Waals surface area contributed by atoms with Crippen molar-refractivity contribution in [1.29, 1.82) is 0 Å². The molecule has 36 heavy (non-hydrogen) atoms. The van der Waals surface area contributed by atoms with Gasteiger partial charge in [0.1, 0.15) is 22.9 Å². The highest BCUT2D eigenvalue weighted by atomic mass is 19.4. The van der Waals surface area contributed by atoms with Gasteiger partial charge in [0.25, 0.3) is 5.91 Å². The predicted molar refractivity (Wildman–Crippen MR) is 116 cm³/mol. The van der Waals surface area contributed by atoms with Crippen LogP contribution in [0.25, 0.3) is 0 Å². The van der Waals surface area contributed by atoms with Gasteiger partial charge in [-0.05, 0) is 25.0 Å². The summed E-state index contributed by atoms with van der Waals surface area (Å²) in [5.74, 6) is -2.73. The van der Waals surface area contributed by atoms with Crippen LogP contribution in [0.3, 0.4) is 0 Å². The Balaban J connectivity index is 1.37. The second-order valence-corrected chi connectivity index (χ2v) is 7.87. The number of rotatable bonds is 8. The van der Waals surface area contributed by atoms with Gasteiger partial charge in [0.05, 0.1) is 36.7 Å². The van der Waals surface area contributed by atoms with Crippen LogP contribution in [0.4, 0.5) is 17.6 Å². The van der Waals surface area contributed by atoms with Crippen molar-refractivity contribution < 1.29 is 36.6 Å². The smallest absolute Gasteiger partial charge is 0.419 e. The lowest BCUT2D eigenvalue weighted by molar-refractivity contribution is -0.138. The number of pyridine rings is 1. The van der Waals surface area contributed by atoms with Crippen LogP contribution in [-0.4, -0.2) is 39.4 Å². The Labute approximate surface area is 201 Å². The first-order valence-electron chi connectivity index (χ1n) is 10.6. The van der Waals surface area contributed by atoms with E-state index in [0.717, 1.165) is 24.4 Å². The molecule has 0 unspecified atom stereocenters. The van der Waals surface area contributed by atoms with Gasteiger partial charge in [0.2, 0.25) is 5.91 Å². The van der Waals surface area contributed by atoms with Gasteiger partial charge in [-0.25, -0.2) is 14.4 Å². The standard InChI is InChI=1S/C23H19F4N5O4/c1-35-21-30-9-13(10-31-21)19(33)32-22(6-7-22)20(34)29-12-17-16(24)8-14(11-28-17)36-18-5-3-2-4-15(18)23(25,26)27/h2-5,8-11H,6-7,12H2,1H3,(H,29,34)(H,32,33). The fraction of sp³-hybridized carbons (Fsp3) is 0.261. The van der Waals surface area contributed by atoms with Crippen LogP contribution in [0.15, 0.2) is 48.9 Å². The first-order chi connectivity index (χ1) is 17.1. The molecule has 2 amide bonds. The molecule has 0 saturated heterocycles. The normalized spacial score (nSPS) is 14.0. The molecule has 2 N–H and O–H groups in total. The van der Waals surface area contributed by atoms with Crippen LogP contribution in [0, 0.1) is 5.82 Å². The Hall–Kier alpha value is -4.29. The van der Waals surface area contributed by atoms with E-state index in [4.69, 9.17) is 9.47 Å². The molecule has 1 aromatic carbocycles. The second kappa shape index (κ2) is 9.76. The topological polar surface area (TPSA) is 115 Å². The number of benzene rings is 1. The zero-order chi connectivity index (χ0) is 25.9. The summed E-state index contributed by atoms with van der Waals surface area (Å²) in [5.41, 5.74) is -2.20. The fourth-order valence-corrected chi connectivity index (χ4v) is 3.25. The molecule has 1 aliphatic carbocycles. The van der Waals surface area contributed by atoms with Crippen molar-refractivity contribution in [2.75, 3.05) is 7.11 Å². The molecule has 0 aliphatic heterocycles. The zero-order valence-corrected chi connectivity index (χ0v) is 18.7. The van der Waals surface area contributed by atoms with Crippen LogP contribution in [0.2, 0.25) is 0 Å². The molecule has 0 spiro atoms. The van der Waals surface area contributed by atoms with Crippen molar-refractivity contribution in [1.82, 2.24) is 25.6 Å². The van der Waals surface area contributed by atoms with Gasteiger partial charge >= 0.3 is 12.2 Å². The summed E-state index contributed by atoms with van der Waals surface area (Å²) in [7, 11) is 1.38. The third-order valence-electron chi connectivity index (χ3n) is 5.34. The first kappa shape index (κ1) is 24.8. The van der Waals surface area contributed by atoms with Crippen LogP contribution >= 0.6 is 0 Å². The molecule has 0 radical (unpaired) electrons.